The van der Waals surface area contributed by atoms with Gasteiger partial charge in [-0.1, -0.05) is 32.0 Å². The van der Waals surface area contributed by atoms with Crippen LogP contribution in [0.3, 0.4) is 0 Å². The van der Waals surface area contributed by atoms with E-state index in [-0.39, 0.29) is 11.8 Å². The zero-order valence-corrected chi connectivity index (χ0v) is 19.5. The topological polar surface area (TPSA) is 67.9 Å². The number of amides is 2. The van der Waals surface area contributed by atoms with Gasteiger partial charge < -0.3 is 14.8 Å². The van der Waals surface area contributed by atoms with Gasteiger partial charge in [0.15, 0.2) is 0 Å². The molecule has 0 saturated carbocycles. The monoisotopic (exact) mass is 436 g/mol. The summed E-state index contributed by atoms with van der Waals surface area (Å²) in [6, 6.07) is 13.2. The quantitative estimate of drug-likeness (QED) is 0.437. The second-order valence-electron chi connectivity index (χ2n) is 8.51. The average Bonchev–Trinajstić information content (AvgIpc) is 2.99. The molecule has 2 aromatic carbocycles. The van der Waals surface area contributed by atoms with Gasteiger partial charge in [-0.25, -0.2) is 0 Å². The predicted molar refractivity (Wildman–Crippen MR) is 126 cm³/mol. The summed E-state index contributed by atoms with van der Waals surface area (Å²) in [6.45, 7) is 9.64. The molecule has 0 spiro atoms. The number of nitrogens with zero attached hydrogens (tertiary/aromatic N) is 1. The maximum Gasteiger partial charge on any atom is 0.278 e. The number of ether oxygens (including phenoxy) is 2. The summed E-state index contributed by atoms with van der Waals surface area (Å²) in [5.74, 6) is 0.536. The fourth-order valence-corrected chi connectivity index (χ4v) is 3.47. The lowest BCUT2D eigenvalue weighted by Crippen LogP contribution is -2.33. The normalized spacial score (nSPS) is 14.0. The largest absolute Gasteiger partial charge is 0.493 e. The van der Waals surface area contributed by atoms with Gasteiger partial charge in [0.25, 0.3) is 11.8 Å². The van der Waals surface area contributed by atoms with E-state index in [1.807, 2.05) is 56.3 Å². The number of anilines is 1. The Kier molecular flexibility index (Phi) is 7.70. The van der Waals surface area contributed by atoms with E-state index in [2.05, 4.69) is 19.2 Å². The lowest BCUT2D eigenvalue weighted by molar-refractivity contribution is -0.136. The molecule has 6 nitrogen and oxygen atoms in total. The van der Waals surface area contributed by atoms with Gasteiger partial charge in [0.1, 0.15) is 11.4 Å². The van der Waals surface area contributed by atoms with Crippen molar-refractivity contribution in [2.24, 2.45) is 5.92 Å². The van der Waals surface area contributed by atoms with E-state index >= 15 is 0 Å². The van der Waals surface area contributed by atoms with Gasteiger partial charge in [-0.15, -0.1) is 0 Å². The van der Waals surface area contributed by atoms with Crippen molar-refractivity contribution in [2.45, 2.75) is 34.1 Å². The second kappa shape index (κ2) is 10.5. The van der Waals surface area contributed by atoms with Crippen LogP contribution in [0.1, 0.15) is 37.0 Å². The highest BCUT2D eigenvalue weighted by Crippen LogP contribution is 2.32. The van der Waals surface area contributed by atoms with Crippen LogP contribution in [0.4, 0.5) is 5.69 Å². The van der Waals surface area contributed by atoms with Crippen molar-refractivity contribution in [1.82, 2.24) is 4.90 Å². The minimum Gasteiger partial charge on any atom is -0.493 e. The summed E-state index contributed by atoms with van der Waals surface area (Å²) in [5.41, 5.74) is 4.40. The van der Waals surface area contributed by atoms with Gasteiger partial charge in [-0.2, -0.15) is 0 Å². The van der Waals surface area contributed by atoms with Crippen LogP contribution in [-0.4, -0.2) is 43.6 Å². The van der Waals surface area contributed by atoms with Gasteiger partial charge in [-0.05, 0) is 67.1 Å². The molecule has 0 unspecified atom stereocenters. The predicted octanol–water partition coefficient (Wildman–Crippen LogP) is 4.57. The Morgan fingerprint density at radius 2 is 1.69 bits per heavy atom. The summed E-state index contributed by atoms with van der Waals surface area (Å²) in [7, 11) is 1.60. The van der Waals surface area contributed by atoms with Crippen LogP contribution in [-0.2, 0) is 14.3 Å². The first-order valence-electron chi connectivity index (χ1n) is 11.0. The number of imide groups is 1. The standard InChI is InChI=1S/C26H32N2O4/c1-17(2)16-32-22-11-8-20(9-12-22)23-24(27-21-10-7-18(3)19(4)15-21)26(30)28(25(23)29)13-6-14-31-5/h7-12,15,17,27H,6,13-14,16H2,1-5H3. The van der Waals surface area contributed by atoms with Crippen molar-refractivity contribution >= 4 is 23.1 Å². The lowest BCUT2D eigenvalue weighted by Gasteiger charge is -2.15. The van der Waals surface area contributed by atoms with E-state index in [4.69, 9.17) is 9.47 Å². The fourth-order valence-electron chi connectivity index (χ4n) is 3.47. The molecule has 1 N–H and O–H groups in total. The van der Waals surface area contributed by atoms with Crippen molar-refractivity contribution in [3.63, 3.8) is 0 Å². The Labute approximate surface area is 190 Å². The van der Waals surface area contributed by atoms with Gasteiger partial charge in [0, 0.05) is 25.9 Å². The van der Waals surface area contributed by atoms with E-state index in [9.17, 15) is 9.59 Å². The lowest BCUT2D eigenvalue weighted by atomic mass is 10.0. The molecule has 1 aliphatic heterocycles. The van der Waals surface area contributed by atoms with E-state index in [0.717, 1.165) is 22.6 Å². The van der Waals surface area contributed by atoms with E-state index < -0.39 is 0 Å². The Morgan fingerprint density at radius 3 is 2.31 bits per heavy atom. The van der Waals surface area contributed by atoms with Gasteiger partial charge in [0.2, 0.25) is 0 Å². The highest BCUT2D eigenvalue weighted by Gasteiger charge is 2.38. The minimum atomic E-state index is -0.320. The van der Waals surface area contributed by atoms with Gasteiger partial charge in [-0.3, -0.25) is 14.5 Å². The molecule has 1 aliphatic rings. The van der Waals surface area contributed by atoms with Crippen molar-refractivity contribution in [3.05, 3.63) is 64.9 Å². The maximum atomic E-state index is 13.3. The molecule has 0 aromatic heterocycles. The number of hydrogen-bond acceptors (Lipinski definition) is 5. The van der Waals surface area contributed by atoms with Crippen LogP contribution >= 0.6 is 0 Å². The van der Waals surface area contributed by atoms with Crippen LogP contribution in [0.25, 0.3) is 5.57 Å². The number of methoxy groups -OCH3 is 1. The fraction of sp³-hybridized carbons (Fsp3) is 0.385. The first-order chi connectivity index (χ1) is 15.3. The van der Waals surface area contributed by atoms with Crippen molar-refractivity contribution in [2.75, 3.05) is 32.2 Å². The molecule has 0 atom stereocenters. The third-order valence-corrected chi connectivity index (χ3v) is 5.40. The molecular weight excluding hydrogens is 404 g/mol. The maximum absolute atomic E-state index is 13.3. The summed E-state index contributed by atoms with van der Waals surface area (Å²) < 4.78 is 10.8. The van der Waals surface area contributed by atoms with Gasteiger partial charge >= 0.3 is 0 Å². The summed E-state index contributed by atoms with van der Waals surface area (Å²) in [5, 5.41) is 3.22. The molecular formula is C26H32N2O4. The Balaban J connectivity index is 1.94. The summed E-state index contributed by atoms with van der Waals surface area (Å²) in [4.78, 5) is 27.8. The van der Waals surface area contributed by atoms with E-state index in [1.165, 1.54) is 4.90 Å². The average molecular weight is 437 g/mol. The third kappa shape index (κ3) is 5.37. The number of benzene rings is 2. The molecule has 32 heavy (non-hydrogen) atoms. The molecule has 6 heteroatoms. The molecule has 0 aliphatic carbocycles. The number of carbonyl (C=O) groups excluding carboxylic acids is 2. The van der Waals surface area contributed by atoms with E-state index in [0.29, 0.717) is 48.9 Å². The van der Waals surface area contributed by atoms with Crippen LogP contribution in [0.5, 0.6) is 5.75 Å². The number of carbonyl (C=O) groups is 2. The second-order valence-corrected chi connectivity index (χ2v) is 8.51. The van der Waals surface area contributed by atoms with Gasteiger partial charge in [0.05, 0.1) is 12.2 Å². The molecule has 170 valence electrons. The zero-order valence-electron chi connectivity index (χ0n) is 19.5. The Bertz CT molecular complexity index is 1010. The molecule has 0 fully saturated rings. The first kappa shape index (κ1) is 23.5. The van der Waals surface area contributed by atoms with Crippen molar-refractivity contribution < 1.29 is 19.1 Å². The van der Waals surface area contributed by atoms with Crippen LogP contribution in [0, 0.1) is 19.8 Å². The summed E-state index contributed by atoms with van der Waals surface area (Å²) in [6.07, 6.45) is 0.583. The first-order valence-corrected chi connectivity index (χ1v) is 11.0. The smallest absolute Gasteiger partial charge is 0.278 e. The van der Waals surface area contributed by atoms with Crippen LogP contribution < -0.4 is 10.1 Å². The Morgan fingerprint density at radius 1 is 0.969 bits per heavy atom. The van der Waals surface area contributed by atoms with E-state index in [1.54, 1.807) is 7.11 Å². The number of nitrogens with one attached hydrogen (secondary N) is 1. The highest BCUT2D eigenvalue weighted by molar-refractivity contribution is 6.36. The van der Waals surface area contributed by atoms with Crippen molar-refractivity contribution in [1.29, 1.82) is 0 Å². The number of rotatable bonds is 10. The molecule has 0 bridgehead atoms. The molecule has 0 saturated heterocycles. The summed E-state index contributed by atoms with van der Waals surface area (Å²) >= 11 is 0. The molecule has 2 amide bonds. The SMILES string of the molecule is COCCCN1C(=O)C(Nc2ccc(C)c(C)c2)=C(c2ccc(OCC(C)C)cc2)C1=O. The molecule has 3 rings (SSSR count). The molecule has 1 heterocycles. The third-order valence-electron chi connectivity index (χ3n) is 5.40. The Hall–Kier alpha value is -3.12. The minimum absolute atomic E-state index is 0.298. The highest BCUT2D eigenvalue weighted by atomic mass is 16.5. The van der Waals surface area contributed by atoms with Crippen LogP contribution in [0.2, 0.25) is 0 Å². The van der Waals surface area contributed by atoms with Crippen molar-refractivity contribution in [3.8, 4) is 5.75 Å². The molecule has 2 aromatic rings. The number of hydrogen-bond donors (Lipinski definition) is 1. The zero-order chi connectivity index (χ0) is 23.3. The van der Waals surface area contributed by atoms with Crippen LogP contribution in [0.15, 0.2) is 48.2 Å². The number of aryl methyl sites for hydroxylation is 2. The molecule has 0 radical (unpaired) electrons.